The van der Waals surface area contributed by atoms with Crippen LogP contribution < -0.4 is 15.4 Å². The molecule has 9 heteroatoms. The molecule has 0 aliphatic carbocycles. The van der Waals surface area contributed by atoms with Gasteiger partial charge in [-0.25, -0.2) is 4.98 Å². The Morgan fingerprint density at radius 3 is 2.88 bits per heavy atom. The zero-order valence-electron chi connectivity index (χ0n) is 13.4. The third-order valence-corrected chi connectivity index (χ3v) is 4.05. The zero-order chi connectivity index (χ0) is 18.7. The molecule has 26 heavy (non-hydrogen) atoms. The Morgan fingerprint density at radius 2 is 2.12 bits per heavy atom. The van der Waals surface area contributed by atoms with E-state index >= 15 is 0 Å². The molecule has 1 aliphatic rings. The highest BCUT2D eigenvalue weighted by Gasteiger charge is 2.34. The quantitative estimate of drug-likeness (QED) is 0.775. The molecule has 1 atom stereocenters. The van der Waals surface area contributed by atoms with Crippen molar-refractivity contribution in [3.05, 3.63) is 52.7 Å². The molecule has 2 N–H and O–H groups in total. The number of carbonyl (C=O) groups excluding carboxylic acids is 1. The molecule has 1 aromatic carbocycles. The number of amides is 1. The summed E-state index contributed by atoms with van der Waals surface area (Å²) in [5, 5.41) is 5.78. The van der Waals surface area contributed by atoms with Gasteiger partial charge >= 0.3 is 6.18 Å². The Labute approximate surface area is 152 Å². The van der Waals surface area contributed by atoms with Crippen LogP contribution in [0.1, 0.15) is 11.1 Å². The highest BCUT2D eigenvalue weighted by Crippen LogP contribution is 2.33. The lowest BCUT2D eigenvalue weighted by atomic mass is 10.1. The second-order valence-electron chi connectivity index (χ2n) is 5.68. The van der Waals surface area contributed by atoms with Crippen molar-refractivity contribution < 1.29 is 22.7 Å². The van der Waals surface area contributed by atoms with Gasteiger partial charge in [-0.2, -0.15) is 13.2 Å². The van der Waals surface area contributed by atoms with Crippen molar-refractivity contribution in [2.24, 2.45) is 0 Å². The van der Waals surface area contributed by atoms with E-state index in [1.165, 1.54) is 12.3 Å². The van der Waals surface area contributed by atoms with Crippen LogP contribution in [0.25, 0.3) is 0 Å². The van der Waals surface area contributed by atoms with Gasteiger partial charge in [-0.15, -0.1) is 0 Å². The zero-order valence-corrected chi connectivity index (χ0v) is 14.2. The summed E-state index contributed by atoms with van der Waals surface area (Å²) in [5.74, 6) is 0.000537. The van der Waals surface area contributed by atoms with Gasteiger partial charge in [0.05, 0.1) is 5.56 Å². The van der Waals surface area contributed by atoms with E-state index in [-0.39, 0.29) is 24.8 Å². The van der Waals surface area contributed by atoms with Crippen LogP contribution >= 0.6 is 11.6 Å². The Hall–Kier alpha value is -2.48. The van der Waals surface area contributed by atoms with Gasteiger partial charge in [0.25, 0.3) is 5.91 Å². The van der Waals surface area contributed by atoms with Gasteiger partial charge in [0.15, 0.2) is 6.10 Å². The molecule has 1 aliphatic heterocycles. The first kappa shape index (κ1) is 18.3. The predicted octanol–water partition coefficient (Wildman–Crippen LogP) is 3.29. The maximum Gasteiger partial charge on any atom is 0.419 e. The number of carbonyl (C=O) groups is 1. The fourth-order valence-electron chi connectivity index (χ4n) is 2.62. The van der Waals surface area contributed by atoms with Crippen LogP contribution in [-0.4, -0.2) is 30.1 Å². The van der Waals surface area contributed by atoms with Gasteiger partial charge < -0.3 is 15.4 Å². The Balaban J connectivity index is 1.49. The van der Waals surface area contributed by atoms with Crippen molar-refractivity contribution in [1.82, 2.24) is 10.3 Å². The van der Waals surface area contributed by atoms with Crippen molar-refractivity contribution in [2.45, 2.75) is 18.7 Å². The molecule has 1 unspecified atom stereocenters. The number of pyridine rings is 1. The lowest BCUT2D eigenvalue weighted by Crippen LogP contribution is -2.39. The van der Waals surface area contributed by atoms with Crippen LogP contribution in [0, 0.1) is 0 Å². The van der Waals surface area contributed by atoms with Crippen LogP contribution in [0.5, 0.6) is 5.75 Å². The Kier molecular flexibility index (Phi) is 5.22. The Bertz CT molecular complexity index is 814. The topological polar surface area (TPSA) is 63.2 Å². The minimum atomic E-state index is -4.50. The van der Waals surface area contributed by atoms with Crippen molar-refractivity contribution in [2.75, 3.05) is 18.4 Å². The van der Waals surface area contributed by atoms with E-state index in [1.807, 2.05) is 0 Å². The molecule has 2 heterocycles. The number of fused-ring (bicyclic) bond motifs is 1. The third-order valence-electron chi connectivity index (χ3n) is 3.82. The van der Waals surface area contributed by atoms with Crippen molar-refractivity contribution in [3.8, 4) is 5.75 Å². The van der Waals surface area contributed by atoms with Crippen LogP contribution in [0.15, 0.2) is 36.5 Å². The lowest BCUT2D eigenvalue weighted by molar-refractivity contribution is -0.137. The van der Waals surface area contributed by atoms with E-state index in [4.69, 9.17) is 16.3 Å². The number of hydrogen-bond donors (Lipinski definition) is 2. The maximum absolute atomic E-state index is 12.9. The summed E-state index contributed by atoms with van der Waals surface area (Å²) < 4.78 is 44.2. The van der Waals surface area contributed by atoms with E-state index in [0.29, 0.717) is 17.2 Å². The molecular weight excluding hydrogens is 371 g/mol. The van der Waals surface area contributed by atoms with Crippen molar-refractivity contribution in [1.29, 1.82) is 0 Å². The van der Waals surface area contributed by atoms with E-state index in [9.17, 15) is 18.0 Å². The molecule has 2 aromatic rings. The van der Waals surface area contributed by atoms with Crippen LogP contribution in [0.3, 0.4) is 0 Å². The fraction of sp³-hybridized carbons (Fsp3) is 0.294. The molecule has 0 saturated carbocycles. The van der Waals surface area contributed by atoms with E-state index in [2.05, 4.69) is 15.6 Å². The van der Waals surface area contributed by atoms with Gasteiger partial charge in [0.1, 0.15) is 11.6 Å². The highest BCUT2D eigenvalue weighted by atomic mass is 35.5. The van der Waals surface area contributed by atoms with Gasteiger partial charge in [-0.05, 0) is 35.9 Å². The van der Waals surface area contributed by atoms with Crippen molar-refractivity contribution in [3.63, 3.8) is 0 Å². The number of anilines is 1. The van der Waals surface area contributed by atoms with Crippen LogP contribution in [0.2, 0.25) is 5.02 Å². The lowest BCUT2D eigenvalue weighted by Gasteiger charge is -2.14. The molecule has 5 nitrogen and oxygen atoms in total. The number of benzene rings is 1. The summed E-state index contributed by atoms with van der Waals surface area (Å²) in [5.41, 5.74) is -0.00291. The second kappa shape index (κ2) is 7.41. The molecule has 1 aromatic heterocycles. The molecule has 0 radical (unpaired) electrons. The summed E-state index contributed by atoms with van der Waals surface area (Å²) in [6.45, 7) is 0.223. The number of rotatable bonds is 5. The van der Waals surface area contributed by atoms with Crippen LogP contribution in [0.4, 0.5) is 19.0 Å². The smallest absolute Gasteiger partial charge is 0.419 e. The van der Waals surface area contributed by atoms with Gasteiger partial charge in [-0.1, -0.05) is 11.6 Å². The van der Waals surface area contributed by atoms with Crippen LogP contribution in [-0.2, 0) is 17.4 Å². The number of nitrogens with one attached hydrogen (secondary N) is 2. The van der Waals surface area contributed by atoms with Gasteiger partial charge in [0.2, 0.25) is 0 Å². The summed E-state index contributed by atoms with van der Waals surface area (Å²) in [6.07, 6.45) is -3.51. The molecule has 1 amide bonds. The molecule has 0 saturated heterocycles. The third kappa shape index (κ3) is 4.19. The fourth-order valence-corrected chi connectivity index (χ4v) is 2.81. The number of halogens is 4. The van der Waals surface area contributed by atoms with Gasteiger partial charge in [-0.3, -0.25) is 4.79 Å². The molecule has 0 bridgehead atoms. The average Bonchev–Trinajstić information content (AvgIpc) is 3.01. The van der Waals surface area contributed by atoms with E-state index in [0.717, 1.165) is 11.6 Å². The summed E-state index contributed by atoms with van der Waals surface area (Å²) in [4.78, 5) is 15.8. The van der Waals surface area contributed by atoms with E-state index < -0.39 is 17.8 Å². The molecule has 0 fully saturated rings. The number of ether oxygens (including phenoxy) is 1. The summed E-state index contributed by atoms with van der Waals surface area (Å²) in [6, 6.07) is 7.28. The summed E-state index contributed by atoms with van der Waals surface area (Å²) >= 11 is 5.91. The first-order valence-electron chi connectivity index (χ1n) is 7.83. The molecular formula is C17H15ClF3N3O2. The average molecular weight is 386 g/mol. The number of hydrogen-bond acceptors (Lipinski definition) is 4. The minimum Gasteiger partial charge on any atom is -0.480 e. The van der Waals surface area contributed by atoms with Crippen molar-refractivity contribution >= 4 is 23.3 Å². The number of nitrogens with zero attached hydrogens (tertiary/aromatic N) is 1. The van der Waals surface area contributed by atoms with Gasteiger partial charge in [0, 0.05) is 30.7 Å². The first-order chi connectivity index (χ1) is 12.3. The largest absolute Gasteiger partial charge is 0.480 e. The number of alkyl halides is 3. The SMILES string of the molecule is O=C(NCCNc1ncccc1C(F)(F)F)C1Cc2cc(Cl)ccc2O1. The second-order valence-corrected chi connectivity index (χ2v) is 6.11. The van der Waals surface area contributed by atoms with E-state index in [1.54, 1.807) is 18.2 Å². The Morgan fingerprint density at radius 1 is 1.31 bits per heavy atom. The molecule has 3 rings (SSSR count). The standard InChI is InChI=1S/C17H15ClF3N3O2/c18-11-3-4-13-10(8-11)9-14(26-13)16(25)24-7-6-23-15-12(17(19,20)21)2-1-5-22-15/h1-5,8,14H,6-7,9H2,(H,22,23)(H,24,25). The highest BCUT2D eigenvalue weighted by molar-refractivity contribution is 6.30. The maximum atomic E-state index is 12.9. The monoisotopic (exact) mass is 385 g/mol. The number of aromatic nitrogens is 1. The predicted molar refractivity (Wildman–Crippen MR) is 90.3 cm³/mol. The minimum absolute atomic E-state index is 0.0946. The molecule has 0 spiro atoms. The first-order valence-corrected chi connectivity index (χ1v) is 8.21. The molecule has 138 valence electrons. The summed E-state index contributed by atoms with van der Waals surface area (Å²) in [7, 11) is 0. The normalized spacial score (nSPS) is 15.9.